The maximum Gasteiger partial charge on any atom is 0.115 e. The first kappa shape index (κ1) is 11.1. The minimum atomic E-state index is 1.04. The van der Waals surface area contributed by atoms with Gasteiger partial charge in [0.25, 0.3) is 0 Å². The van der Waals surface area contributed by atoms with E-state index in [-0.39, 0.29) is 0 Å². The van der Waals surface area contributed by atoms with Crippen molar-refractivity contribution in [2.75, 3.05) is 13.1 Å². The number of aryl methyl sites for hydroxylation is 2. The van der Waals surface area contributed by atoms with Crippen LogP contribution in [0.5, 0.6) is 0 Å². The second kappa shape index (κ2) is 5.70. The molecule has 0 aromatic carbocycles. The Balaban J connectivity index is 2.49. The molecule has 1 N–H and O–H groups in total. The lowest BCUT2D eigenvalue weighted by atomic mass is 10.1. The second-order valence-electron chi connectivity index (χ2n) is 3.48. The Bertz CT molecular complexity index is 264. The lowest BCUT2D eigenvalue weighted by Gasteiger charge is -2.07. The molecule has 0 aliphatic carbocycles. The van der Waals surface area contributed by atoms with Gasteiger partial charge in [-0.05, 0) is 45.3 Å². The first-order chi connectivity index (χ1) is 6.75. The van der Waals surface area contributed by atoms with Crippen LogP contribution in [0.25, 0.3) is 0 Å². The quantitative estimate of drug-likeness (QED) is 0.722. The van der Waals surface area contributed by atoms with E-state index in [1.54, 1.807) is 6.33 Å². The highest BCUT2D eigenvalue weighted by Crippen LogP contribution is 2.09. The minimum Gasteiger partial charge on any atom is -0.317 e. The molecule has 14 heavy (non-hydrogen) atoms. The zero-order chi connectivity index (χ0) is 10.4. The molecule has 0 aliphatic heterocycles. The van der Waals surface area contributed by atoms with Crippen LogP contribution in [0.4, 0.5) is 0 Å². The van der Waals surface area contributed by atoms with Crippen LogP contribution in [-0.4, -0.2) is 23.1 Å². The molecule has 0 radical (unpaired) electrons. The van der Waals surface area contributed by atoms with Crippen molar-refractivity contribution in [1.29, 1.82) is 0 Å². The van der Waals surface area contributed by atoms with Crippen molar-refractivity contribution in [1.82, 2.24) is 15.3 Å². The third-order valence-electron chi connectivity index (χ3n) is 2.41. The van der Waals surface area contributed by atoms with E-state index < -0.39 is 0 Å². The van der Waals surface area contributed by atoms with E-state index in [9.17, 15) is 0 Å². The number of hydrogen-bond donors (Lipinski definition) is 1. The zero-order valence-corrected chi connectivity index (χ0v) is 9.30. The highest BCUT2D eigenvalue weighted by atomic mass is 14.8. The van der Waals surface area contributed by atoms with Crippen molar-refractivity contribution < 1.29 is 0 Å². The first-order valence-corrected chi connectivity index (χ1v) is 5.23. The van der Waals surface area contributed by atoms with Gasteiger partial charge in [0.2, 0.25) is 0 Å². The van der Waals surface area contributed by atoms with E-state index in [0.29, 0.717) is 0 Å². The molecular weight excluding hydrogens is 174 g/mol. The second-order valence-corrected chi connectivity index (χ2v) is 3.48. The molecule has 1 rings (SSSR count). The Morgan fingerprint density at radius 3 is 2.43 bits per heavy atom. The van der Waals surface area contributed by atoms with Crippen molar-refractivity contribution in [3.05, 3.63) is 23.3 Å². The van der Waals surface area contributed by atoms with Gasteiger partial charge in [-0.15, -0.1) is 0 Å². The lowest BCUT2D eigenvalue weighted by molar-refractivity contribution is 0.667. The average molecular weight is 193 g/mol. The van der Waals surface area contributed by atoms with Crippen molar-refractivity contribution >= 4 is 0 Å². The highest BCUT2D eigenvalue weighted by molar-refractivity contribution is 5.22. The van der Waals surface area contributed by atoms with Crippen LogP contribution in [0.3, 0.4) is 0 Å². The lowest BCUT2D eigenvalue weighted by Crippen LogP contribution is -2.15. The van der Waals surface area contributed by atoms with E-state index in [0.717, 1.165) is 37.3 Å². The SMILES string of the molecule is CCNCCCc1c(C)ncnc1C. The standard InChI is InChI=1S/C11H19N3/c1-4-12-7-5-6-11-9(2)13-8-14-10(11)3/h8,12H,4-7H2,1-3H3. The van der Waals surface area contributed by atoms with Gasteiger partial charge in [-0.2, -0.15) is 0 Å². The minimum absolute atomic E-state index is 1.04. The number of nitrogens with zero attached hydrogens (tertiary/aromatic N) is 2. The maximum atomic E-state index is 4.21. The van der Waals surface area contributed by atoms with Gasteiger partial charge in [0.15, 0.2) is 0 Å². The zero-order valence-electron chi connectivity index (χ0n) is 9.30. The van der Waals surface area contributed by atoms with Crippen molar-refractivity contribution in [3.63, 3.8) is 0 Å². The Hall–Kier alpha value is -0.960. The summed E-state index contributed by atoms with van der Waals surface area (Å²) >= 11 is 0. The van der Waals surface area contributed by atoms with Crippen LogP contribution in [0.2, 0.25) is 0 Å². The fraction of sp³-hybridized carbons (Fsp3) is 0.636. The van der Waals surface area contributed by atoms with Crippen LogP contribution in [0, 0.1) is 13.8 Å². The third kappa shape index (κ3) is 3.07. The molecule has 0 unspecified atom stereocenters. The molecule has 0 spiro atoms. The number of aromatic nitrogens is 2. The van der Waals surface area contributed by atoms with Gasteiger partial charge in [0.05, 0.1) is 0 Å². The number of rotatable bonds is 5. The van der Waals surface area contributed by atoms with Crippen LogP contribution < -0.4 is 5.32 Å². The first-order valence-electron chi connectivity index (χ1n) is 5.23. The topological polar surface area (TPSA) is 37.8 Å². The van der Waals surface area contributed by atoms with Gasteiger partial charge in [-0.25, -0.2) is 9.97 Å². The molecule has 78 valence electrons. The van der Waals surface area contributed by atoms with E-state index in [2.05, 4.69) is 36.1 Å². The van der Waals surface area contributed by atoms with Gasteiger partial charge >= 0.3 is 0 Å². The largest absolute Gasteiger partial charge is 0.317 e. The van der Waals surface area contributed by atoms with Crippen molar-refractivity contribution in [2.24, 2.45) is 0 Å². The highest BCUT2D eigenvalue weighted by Gasteiger charge is 2.03. The normalized spacial score (nSPS) is 10.5. The van der Waals surface area contributed by atoms with E-state index in [1.807, 2.05) is 0 Å². The fourth-order valence-electron chi connectivity index (χ4n) is 1.55. The molecule has 0 bridgehead atoms. The molecule has 1 aromatic heterocycles. The molecule has 0 aliphatic rings. The molecule has 0 saturated carbocycles. The summed E-state index contributed by atoms with van der Waals surface area (Å²) in [6, 6.07) is 0. The smallest absolute Gasteiger partial charge is 0.115 e. The molecule has 1 aromatic rings. The average Bonchev–Trinajstić information content (AvgIpc) is 2.16. The Morgan fingerprint density at radius 2 is 1.86 bits per heavy atom. The van der Waals surface area contributed by atoms with Crippen LogP contribution in [0.1, 0.15) is 30.3 Å². The van der Waals surface area contributed by atoms with E-state index >= 15 is 0 Å². The monoisotopic (exact) mass is 193 g/mol. The maximum absolute atomic E-state index is 4.21. The van der Waals surface area contributed by atoms with Gasteiger partial charge in [0.1, 0.15) is 6.33 Å². The number of nitrogens with one attached hydrogen (secondary N) is 1. The Kier molecular flexibility index (Phi) is 4.53. The predicted molar refractivity (Wildman–Crippen MR) is 58.4 cm³/mol. The number of hydrogen-bond acceptors (Lipinski definition) is 3. The molecule has 3 heteroatoms. The van der Waals surface area contributed by atoms with Gasteiger partial charge in [-0.3, -0.25) is 0 Å². The van der Waals surface area contributed by atoms with Gasteiger partial charge in [-0.1, -0.05) is 6.92 Å². The Morgan fingerprint density at radius 1 is 1.21 bits per heavy atom. The summed E-state index contributed by atoms with van der Waals surface area (Å²) in [5, 5.41) is 3.32. The van der Waals surface area contributed by atoms with Crippen LogP contribution >= 0.6 is 0 Å². The molecule has 3 nitrogen and oxygen atoms in total. The van der Waals surface area contributed by atoms with E-state index in [4.69, 9.17) is 0 Å². The summed E-state index contributed by atoms with van der Waals surface area (Å²) in [6.45, 7) is 8.35. The van der Waals surface area contributed by atoms with Crippen LogP contribution in [-0.2, 0) is 6.42 Å². The van der Waals surface area contributed by atoms with Crippen LogP contribution in [0.15, 0.2) is 6.33 Å². The summed E-state index contributed by atoms with van der Waals surface area (Å²) in [7, 11) is 0. The van der Waals surface area contributed by atoms with Gasteiger partial charge < -0.3 is 5.32 Å². The Labute approximate surface area is 86.0 Å². The molecule has 0 saturated heterocycles. The fourth-order valence-corrected chi connectivity index (χ4v) is 1.55. The predicted octanol–water partition coefficient (Wildman–Crippen LogP) is 1.64. The van der Waals surface area contributed by atoms with Crippen molar-refractivity contribution in [3.8, 4) is 0 Å². The van der Waals surface area contributed by atoms with E-state index in [1.165, 1.54) is 5.56 Å². The van der Waals surface area contributed by atoms with Crippen molar-refractivity contribution in [2.45, 2.75) is 33.6 Å². The summed E-state index contributed by atoms with van der Waals surface area (Å²) in [4.78, 5) is 8.41. The van der Waals surface area contributed by atoms with Gasteiger partial charge in [0, 0.05) is 11.4 Å². The summed E-state index contributed by atoms with van der Waals surface area (Å²) < 4.78 is 0. The molecular formula is C11H19N3. The molecule has 0 fully saturated rings. The molecule has 0 amide bonds. The summed E-state index contributed by atoms with van der Waals surface area (Å²) in [5.74, 6) is 0. The summed E-state index contributed by atoms with van der Waals surface area (Å²) in [6.07, 6.45) is 3.87. The third-order valence-corrected chi connectivity index (χ3v) is 2.41. The summed E-state index contributed by atoms with van der Waals surface area (Å²) in [5.41, 5.74) is 3.55. The molecule has 0 atom stereocenters. The molecule has 1 heterocycles.